The monoisotopic (exact) mass is 303 g/mol. The maximum absolute atomic E-state index is 9.40. The lowest BCUT2D eigenvalue weighted by Gasteiger charge is -2.59. The molecule has 0 aliphatic carbocycles. The van der Waals surface area contributed by atoms with Crippen LogP contribution in [0.2, 0.25) is 0 Å². The highest BCUT2D eigenvalue weighted by molar-refractivity contribution is 5.14. The highest BCUT2D eigenvalue weighted by atomic mass is 16.3. The lowest BCUT2D eigenvalue weighted by Crippen LogP contribution is -2.79. The second-order valence-corrected chi connectivity index (χ2v) is 5.93. The Labute approximate surface area is 127 Å². The van der Waals surface area contributed by atoms with Gasteiger partial charge in [0, 0.05) is 44.3 Å². The summed E-state index contributed by atoms with van der Waals surface area (Å²) < 4.78 is 0. The number of hydrogen-bond acceptors (Lipinski definition) is 8. The first kappa shape index (κ1) is 18.7. The van der Waals surface area contributed by atoms with Gasteiger partial charge in [-0.3, -0.25) is 4.90 Å². The zero-order valence-electron chi connectivity index (χ0n) is 12.8. The quantitative estimate of drug-likeness (QED) is 0.239. The molecule has 0 amide bonds. The van der Waals surface area contributed by atoms with Gasteiger partial charge in [0.15, 0.2) is 0 Å². The molecule has 8 nitrogen and oxygen atoms in total. The number of nitrogens with zero attached hydrogens (tertiary/aromatic N) is 1. The van der Waals surface area contributed by atoms with Crippen LogP contribution in [0.1, 0.15) is 12.8 Å². The first-order valence-electron chi connectivity index (χ1n) is 7.73. The Morgan fingerprint density at radius 1 is 1.05 bits per heavy atom. The van der Waals surface area contributed by atoms with Crippen molar-refractivity contribution < 1.29 is 5.11 Å². The van der Waals surface area contributed by atoms with Gasteiger partial charge in [-0.1, -0.05) is 0 Å². The van der Waals surface area contributed by atoms with Crippen molar-refractivity contribution in [2.45, 2.75) is 36.5 Å². The smallest absolute Gasteiger partial charge is 0.0580 e. The van der Waals surface area contributed by atoms with E-state index in [1.807, 2.05) is 0 Å². The first-order valence-corrected chi connectivity index (χ1v) is 7.73. The predicted octanol–water partition coefficient (Wildman–Crippen LogP) is -3.71. The van der Waals surface area contributed by atoms with Gasteiger partial charge in [-0.05, 0) is 25.3 Å². The van der Waals surface area contributed by atoms with Crippen LogP contribution in [-0.4, -0.2) is 73.0 Å². The summed E-state index contributed by atoms with van der Waals surface area (Å²) in [6.45, 7) is 2.23. The topological polar surface area (TPSA) is 180 Å². The van der Waals surface area contributed by atoms with Crippen molar-refractivity contribution >= 4 is 0 Å². The molecule has 13 N–H and O–H groups in total. The molecular formula is C13H33N7O. The first-order chi connectivity index (χ1) is 10.00. The fourth-order valence-electron chi connectivity index (χ4n) is 3.98. The number of nitrogens with two attached hydrogens (primary N) is 6. The van der Waals surface area contributed by atoms with Crippen LogP contribution < -0.4 is 34.4 Å². The number of rotatable bonds is 8. The zero-order valence-corrected chi connectivity index (χ0v) is 12.8. The Bertz CT molecular complexity index is 292. The summed E-state index contributed by atoms with van der Waals surface area (Å²) in [4.78, 5) is 2.13. The molecule has 0 radical (unpaired) electrons. The number of β-amino-alcohol motifs (C(OH)–C–C–N with tert-alkyl or cyclic N) is 1. The van der Waals surface area contributed by atoms with E-state index >= 15 is 0 Å². The number of aliphatic hydroxyl groups is 1. The van der Waals surface area contributed by atoms with E-state index in [4.69, 9.17) is 34.4 Å². The standard InChI is InChI=1S/C13H33N7O/c14-6-10(17)9-2-1-3-20(4-5-21)13(9,11(18)7-15)12(19)8-16/h9-12,21H,1-8,14-19H2. The molecule has 0 bridgehead atoms. The van der Waals surface area contributed by atoms with Crippen molar-refractivity contribution in [1.82, 2.24) is 4.90 Å². The number of likely N-dealkylation sites (tertiary alicyclic amines) is 1. The molecular weight excluding hydrogens is 270 g/mol. The number of piperidine rings is 1. The number of aliphatic hydroxyl groups excluding tert-OH is 1. The molecule has 4 unspecified atom stereocenters. The third-order valence-corrected chi connectivity index (χ3v) is 4.94. The fourth-order valence-corrected chi connectivity index (χ4v) is 3.98. The Morgan fingerprint density at radius 3 is 2.05 bits per heavy atom. The largest absolute Gasteiger partial charge is 0.395 e. The minimum absolute atomic E-state index is 0.0138. The Kier molecular flexibility index (Phi) is 7.45. The molecule has 1 aliphatic heterocycles. The maximum atomic E-state index is 9.40. The van der Waals surface area contributed by atoms with Gasteiger partial charge >= 0.3 is 0 Å². The molecule has 0 aromatic carbocycles. The van der Waals surface area contributed by atoms with E-state index in [2.05, 4.69) is 4.90 Å². The Balaban J connectivity index is 3.31. The van der Waals surface area contributed by atoms with Crippen molar-refractivity contribution in [2.24, 2.45) is 40.3 Å². The summed E-state index contributed by atoms with van der Waals surface area (Å²) in [5.41, 5.74) is 35.9. The third-order valence-electron chi connectivity index (χ3n) is 4.94. The Hall–Kier alpha value is -0.320. The van der Waals surface area contributed by atoms with Crippen LogP contribution in [0.3, 0.4) is 0 Å². The molecule has 4 atom stereocenters. The van der Waals surface area contributed by atoms with E-state index in [1.165, 1.54) is 0 Å². The van der Waals surface area contributed by atoms with Crippen molar-refractivity contribution in [3.63, 3.8) is 0 Å². The average molecular weight is 303 g/mol. The average Bonchev–Trinajstić information content (AvgIpc) is 2.52. The van der Waals surface area contributed by atoms with E-state index in [9.17, 15) is 5.11 Å². The fraction of sp³-hybridized carbons (Fsp3) is 1.00. The van der Waals surface area contributed by atoms with Crippen LogP contribution in [0.5, 0.6) is 0 Å². The SMILES string of the molecule is NCC(N)C1CCCN(CCO)C1(C(N)CN)C(N)CN. The van der Waals surface area contributed by atoms with E-state index in [0.717, 1.165) is 19.4 Å². The van der Waals surface area contributed by atoms with E-state index in [-0.39, 0.29) is 43.7 Å². The lowest BCUT2D eigenvalue weighted by molar-refractivity contribution is -0.0558. The molecule has 8 heteroatoms. The van der Waals surface area contributed by atoms with E-state index in [0.29, 0.717) is 13.1 Å². The van der Waals surface area contributed by atoms with Crippen molar-refractivity contribution in [3.05, 3.63) is 0 Å². The van der Waals surface area contributed by atoms with Crippen LogP contribution in [0.25, 0.3) is 0 Å². The highest BCUT2D eigenvalue weighted by Crippen LogP contribution is 2.39. The van der Waals surface area contributed by atoms with Crippen LogP contribution in [0.4, 0.5) is 0 Å². The summed E-state index contributed by atoms with van der Waals surface area (Å²) in [6, 6.07) is -0.960. The van der Waals surface area contributed by atoms with Crippen molar-refractivity contribution in [3.8, 4) is 0 Å². The lowest BCUT2D eigenvalue weighted by atomic mass is 9.64. The summed E-state index contributed by atoms with van der Waals surface area (Å²) in [7, 11) is 0. The molecule has 1 heterocycles. The second-order valence-electron chi connectivity index (χ2n) is 5.93. The van der Waals surface area contributed by atoms with Crippen molar-refractivity contribution in [2.75, 3.05) is 39.3 Å². The maximum Gasteiger partial charge on any atom is 0.0580 e. The molecule has 0 spiro atoms. The number of hydrogen-bond donors (Lipinski definition) is 7. The minimum Gasteiger partial charge on any atom is -0.395 e. The molecule has 1 rings (SSSR count). The van der Waals surface area contributed by atoms with Gasteiger partial charge in [0.05, 0.1) is 12.1 Å². The van der Waals surface area contributed by atoms with Gasteiger partial charge < -0.3 is 39.5 Å². The van der Waals surface area contributed by atoms with Gasteiger partial charge in [-0.25, -0.2) is 0 Å². The molecule has 21 heavy (non-hydrogen) atoms. The molecule has 0 aromatic heterocycles. The van der Waals surface area contributed by atoms with Gasteiger partial charge in [-0.15, -0.1) is 0 Å². The van der Waals surface area contributed by atoms with Gasteiger partial charge in [-0.2, -0.15) is 0 Å². The van der Waals surface area contributed by atoms with Crippen LogP contribution in [0, 0.1) is 5.92 Å². The molecule has 0 saturated carbocycles. The Morgan fingerprint density at radius 2 is 1.62 bits per heavy atom. The highest BCUT2D eigenvalue weighted by Gasteiger charge is 2.54. The van der Waals surface area contributed by atoms with Crippen LogP contribution >= 0.6 is 0 Å². The summed E-state index contributed by atoms with van der Waals surface area (Å²) in [6.07, 6.45) is 1.86. The molecule has 1 saturated heterocycles. The van der Waals surface area contributed by atoms with Crippen molar-refractivity contribution in [1.29, 1.82) is 0 Å². The third kappa shape index (κ3) is 3.38. The normalized spacial score (nSPS) is 31.9. The van der Waals surface area contributed by atoms with E-state index < -0.39 is 5.54 Å². The summed E-state index contributed by atoms with van der Waals surface area (Å²) >= 11 is 0. The molecule has 1 aliphatic rings. The summed E-state index contributed by atoms with van der Waals surface area (Å²) in [5.74, 6) is 0.0138. The molecule has 1 fully saturated rings. The summed E-state index contributed by atoms with van der Waals surface area (Å²) in [5, 5.41) is 9.40. The molecule has 126 valence electrons. The predicted molar refractivity (Wildman–Crippen MR) is 85.2 cm³/mol. The zero-order chi connectivity index (χ0) is 16.0. The van der Waals surface area contributed by atoms with Gasteiger partial charge in [0.1, 0.15) is 0 Å². The molecule has 0 aromatic rings. The van der Waals surface area contributed by atoms with Gasteiger partial charge in [0.2, 0.25) is 0 Å². The second kappa shape index (κ2) is 8.35. The van der Waals surface area contributed by atoms with Gasteiger partial charge in [0.25, 0.3) is 0 Å². The van der Waals surface area contributed by atoms with E-state index in [1.54, 1.807) is 0 Å². The minimum atomic E-state index is -0.622. The van der Waals surface area contributed by atoms with Crippen LogP contribution in [-0.2, 0) is 0 Å². The van der Waals surface area contributed by atoms with Crippen LogP contribution in [0.15, 0.2) is 0 Å².